The molecule has 0 aliphatic heterocycles. The molecule has 1 aromatic heterocycles. The fourth-order valence-corrected chi connectivity index (χ4v) is 1.43. The van der Waals surface area contributed by atoms with E-state index in [1.807, 2.05) is 32.0 Å². The Bertz CT molecular complexity index is 338. The van der Waals surface area contributed by atoms with Crippen LogP contribution in [0.1, 0.15) is 32.4 Å². The van der Waals surface area contributed by atoms with Crippen LogP contribution in [0.25, 0.3) is 0 Å². The maximum absolute atomic E-state index is 8.85. The normalized spacial score (nSPS) is 11.1. The molecule has 0 bridgehead atoms. The lowest BCUT2D eigenvalue weighted by molar-refractivity contribution is 0.425. The van der Waals surface area contributed by atoms with Gasteiger partial charge < -0.3 is 5.32 Å². The number of pyridine rings is 1. The molecule has 0 atom stereocenters. The molecule has 16 heavy (non-hydrogen) atoms. The van der Waals surface area contributed by atoms with Crippen LogP contribution in [0.3, 0.4) is 0 Å². The Labute approximate surface area is 97.5 Å². The van der Waals surface area contributed by atoms with Gasteiger partial charge in [-0.2, -0.15) is 5.26 Å². The fraction of sp³-hybridized carbons (Fsp3) is 0.538. The van der Waals surface area contributed by atoms with Crippen molar-refractivity contribution in [2.45, 2.75) is 33.2 Å². The van der Waals surface area contributed by atoms with Gasteiger partial charge in [0.05, 0.1) is 17.2 Å². The highest BCUT2D eigenvalue weighted by Crippen LogP contribution is 2.19. The molecule has 0 spiro atoms. The molecule has 0 aliphatic rings. The summed E-state index contributed by atoms with van der Waals surface area (Å²) in [6.07, 6.45) is 3.75. The summed E-state index contributed by atoms with van der Waals surface area (Å²) in [5.74, 6) is 0. The van der Waals surface area contributed by atoms with Crippen molar-refractivity contribution in [3.63, 3.8) is 0 Å². The number of rotatable bonds is 6. The quantitative estimate of drug-likeness (QED) is 0.745. The molecule has 1 rings (SSSR count). The van der Waals surface area contributed by atoms with Crippen LogP contribution in [-0.4, -0.2) is 11.5 Å². The molecule has 1 aromatic rings. The van der Waals surface area contributed by atoms with Gasteiger partial charge in [0.15, 0.2) is 0 Å². The fourth-order valence-electron chi connectivity index (χ4n) is 1.43. The topological polar surface area (TPSA) is 48.7 Å². The third kappa shape index (κ3) is 4.90. The van der Waals surface area contributed by atoms with E-state index in [0.717, 1.165) is 31.6 Å². The Hall–Kier alpha value is -1.40. The molecule has 0 fully saturated rings. The van der Waals surface area contributed by atoms with Crippen LogP contribution in [0.5, 0.6) is 0 Å². The van der Waals surface area contributed by atoms with Crippen molar-refractivity contribution in [3.05, 3.63) is 30.1 Å². The van der Waals surface area contributed by atoms with E-state index in [1.165, 1.54) is 0 Å². The van der Waals surface area contributed by atoms with Crippen LogP contribution in [0, 0.1) is 16.7 Å². The first-order valence-electron chi connectivity index (χ1n) is 5.66. The van der Waals surface area contributed by atoms with Gasteiger partial charge in [0.2, 0.25) is 0 Å². The maximum Gasteiger partial charge on any atom is 0.0683 e. The molecular formula is C13H19N3. The van der Waals surface area contributed by atoms with E-state index in [4.69, 9.17) is 5.26 Å². The molecule has 0 saturated carbocycles. The second kappa shape index (κ2) is 6.24. The summed E-state index contributed by atoms with van der Waals surface area (Å²) < 4.78 is 0. The first-order valence-corrected chi connectivity index (χ1v) is 5.66. The Morgan fingerprint density at radius 1 is 1.44 bits per heavy atom. The average Bonchev–Trinajstić information content (AvgIpc) is 2.30. The Balaban J connectivity index is 2.12. The van der Waals surface area contributed by atoms with Gasteiger partial charge in [0.1, 0.15) is 0 Å². The van der Waals surface area contributed by atoms with Gasteiger partial charge in [-0.15, -0.1) is 0 Å². The Morgan fingerprint density at radius 2 is 2.25 bits per heavy atom. The molecule has 86 valence electrons. The van der Waals surface area contributed by atoms with Gasteiger partial charge in [-0.25, -0.2) is 0 Å². The average molecular weight is 217 g/mol. The van der Waals surface area contributed by atoms with Gasteiger partial charge >= 0.3 is 0 Å². The van der Waals surface area contributed by atoms with Gasteiger partial charge in [-0.3, -0.25) is 4.98 Å². The van der Waals surface area contributed by atoms with Gasteiger partial charge in [0.25, 0.3) is 0 Å². The van der Waals surface area contributed by atoms with E-state index >= 15 is 0 Å². The molecule has 0 radical (unpaired) electrons. The second-order valence-corrected chi connectivity index (χ2v) is 4.60. The lowest BCUT2D eigenvalue weighted by atomic mass is 9.90. The van der Waals surface area contributed by atoms with E-state index < -0.39 is 0 Å². The van der Waals surface area contributed by atoms with Gasteiger partial charge in [-0.1, -0.05) is 6.07 Å². The number of hydrogen-bond acceptors (Lipinski definition) is 3. The molecule has 0 aliphatic carbocycles. The minimum atomic E-state index is -0.202. The van der Waals surface area contributed by atoms with Crippen molar-refractivity contribution in [2.75, 3.05) is 6.54 Å². The zero-order valence-electron chi connectivity index (χ0n) is 10.0. The smallest absolute Gasteiger partial charge is 0.0683 e. The second-order valence-electron chi connectivity index (χ2n) is 4.60. The number of nitrogens with zero attached hydrogens (tertiary/aromatic N) is 2. The highest BCUT2D eigenvalue weighted by Gasteiger charge is 2.15. The van der Waals surface area contributed by atoms with Crippen molar-refractivity contribution >= 4 is 0 Å². The monoisotopic (exact) mass is 217 g/mol. The molecule has 0 unspecified atom stereocenters. The van der Waals surface area contributed by atoms with Crippen LogP contribution in [0.15, 0.2) is 24.4 Å². The van der Waals surface area contributed by atoms with Crippen molar-refractivity contribution in [1.29, 1.82) is 5.26 Å². The van der Waals surface area contributed by atoms with E-state index in [1.54, 1.807) is 6.20 Å². The summed E-state index contributed by atoms with van der Waals surface area (Å²) in [6, 6.07) is 8.22. The molecule has 1 N–H and O–H groups in total. The summed E-state index contributed by atoms with van der Waals surface area (Å²) in [4.78, 5) is 4.23. The summed E-state index contributed by atoms with van der Waals surface area (Å²) in [6.45, 7) is 5.69. The third-order valence-electron chi connectivity index (χ3n) is 2.49. The minimum absolute atomic E-state index is 0.202. The van der Waals surface area contributed by atoms with Gasteiger partial charge in [-0.05, 0) is 45.4 Å². The molecule has 0 amide bonds. The molecular weight excluding hydrogens is 198 g/mol. The third-order valence-corrected chi connectivity index (χ3v) is 2.49. The van der Waals surface area contributed by atoms with E-state index in [0.29, 0.717) is 0 Å². The number of aromatic nitrogens is 1. The molecule has 0 aromatic carbocycles. The van der Waals surface area contributed by atoms with Crippen molar-refractivity contribution in [1.82, 2.24) is 10.3 Å². The summed E-state index contributed by atoms with van der Waals surface area (Å²) in [5, 5.41) is 12.2. The van der Waals surface area contributed by atoms with Crippen LogP contribution < -0.4 is 5.32 Å². The Kier molecular flexibility index (Phi) is 4.94. The standard InChI is InChI=1S/C13H19N3/c1-13(2,11-14)7-5-8-15-10-12-6-3-4-9-16-12/h3-4,6,9,15H,5,7-8,10H2,1-2H3. The number of nitriles is 1. The lowest BCUT2D eigenvalue weighted by Crippen LogP contribution is -2.18. The van der Waals surface area contributed by atoms with Crippen molar-refractivity contribution in [2.24, 2.45) is 5.41 Å². The molecule has 3 heteroatoms. The Morgan fingerprint density at radius 3 is 2.88 bits per heavy atom. The number of hydrogen-bond donors (Lipinski definition) is 1. The zero-order valence-corrected chi connectivity index (χ0v) is 10.0. The predicted octanol–water partition coefficient (Wildman–Crippen LogP) is 2.50. The minimum Gasteiger partial charge on any atom is -0.311 e. The zero-order chi connectivity index (χ0) is 11.9. The molecule has 1 heterocycles. The van der Waals surface area contributed by atoms with E-state index in [2.05, 4.69) is 16.4 Å². The maximum atomic E-state index is 8.85. The largest absolute Gasteiger partial charge is 0.311 e. The summed E-state index contributed by atoms with van der Waals surface area (Å²) in [5.41, 5.74) is 0.856. The van der Waals surface area contributed by atoms with Gasteiger partial charge in [0, 0.05) is 12.7 Å². The van der Waals surface area contributed by atoms with E-state index in [-0.39, 0.29) is 5.41 Å². The first-order chi connectivity index (χ1) is 7.64. The van der Waals surface area contributed by atoms with Crippen molar-refractivity contribution in [3.8, 4) is 6.07 Å². The van der Waals surface area contributed by atoms with Crippen LogP contribution in [-0.2, 0) is 6.54 Å². The molecule has 3 nitrogen and oxygen atoms in total. The SMILES string of the molecule is CC(C)(C#N)CCCNCc1ccccn1. The highest BCUT2D eigenvalue weighted by atomic mass is 14.9. The first kappa shape index (κ1) is 12.7. The van der Waals surface area contributed by atoms with Crippen LogP contribution in [0.4, 0.5) is 0 Å². The molecule has 0 saturated heterocycles. The van der Waals surface area contributed by atoms with Crippen LogP contribution >= 0.6 is 0 Å². The summed E-state index contributed by atoms with van der Waals surface area (Å²) >= 11 is 0. The predicted molar refractivity (Wildman–Crippen MR) is 64.6 cm³/mol. The van der Waals surface area contributed by atoms with E-state index in [9.17, 15) is 0 Å². The number of nitrogens with one attached hydrogen (secondary N) is 1. The van der Waals surface area contributed by atoms with Crippen LogP contribution in [0.2, 0.25) is 0 Å². The lowest BCUT2D eigenvalue weighted by Gasteiger charge is -2.14. The highest BCUT2D eigenvalue weighted by molar-refractivity contribution is 5.02. The summed E-state index contributed by atoms with van der Waals surface area (Å²) in [7, 11) is 0. The van der Waals surface area contributed by atoms with Crippen molar-refractivity contribution < 1.29 is 0 Å².